The molecular formula is C15H17BrO2S. The maximum Gasteiger partial charge on any atom is 0.204 e. The maximum absolute atomic E-state index is 12.6. The van der Waals surface area contributed by atoms with Crippen molar-refractivity contribution in [1.82, 2.24) is 0 Å². The number of aryl methyl sites for hydroxylation is 2. The molecule has 2 rings (SSSR count). The van der Waals surface area contributed by atoms with Crippen LogP contribution in [0.15, 0.2) is 16.6 Å². The summed E-state index contributed by atoms with van der Waals surface area (Å²) < 4.78 is 0.420. The number of thioether (sulfide) groups is 1. The molecule has 1 aromatic carbocycles. The fourth-order valence-electron chi connectivity index (χ4n) is 2.62. The predicted octanol–water partition coefficient (Wildman–Crippen LogP) is 4.16. The molecule has 0 spiro atoms. The molecule has 102 valence electrons. The Labute approximate surface area is 126 Å². The molecule has 2 atom stereocenters. The Bertz CT molecular complexity index is 544. The zero-order valence-corrected chi connectivity index (χ0v) is 13.9. The van der Waals surface area contributed by atoms with Gasteiger partial charge in [0.15, 0.2) is 5.78 Å². The molecule has 0 aliphatic carbocycles. The van der Waals surface area contributed by atoms with Gasteiger partial charge in [0.1, 0.15) is 5.92 Å². The van der Waals surface area contributed by atoms with Crippen molar-refractivity contribution in [1.29, 1.82) is 0 Å². The van der Waals surface area contributed by atoms with Gasteiger partial charge in [-0.2, -0.15) is 0 Å². The van der Waals surface area contributed by atoms with E-state index in [-0.39, 0.29) is 10.9 Å². The number of rotatable bonds is 2. The van der Waals surface area contributed by atoms with Gasteiger partial charge in [0.05, 0.1) is 4.75 Å². The predicted molar refractivity (Wildman–Crippen MR) is 82.7 cm³/mol. The van der Waals surface area contributed by atoms with E-state index in [2.05, 4.69) is 15.9 Å². The number of ketones is 1. The standard InChI is InChI=1S/C15H17BrO2S/c1-5-15(4)13(17)12(14(18)19-15)11-8(2)6-10(16)7-9(11)3/h6-7,12H,5H2,1-4H3. The van der Waals surface area contributed by atoms with Gasteiger partial charge in [0.25, 0.3) is 0 Å². The van der Waals surface area contributed by atoms with Crippen molar-refractivity contribution >= 4 is 38.6 Å². The van der Waals surface area contributed by atoms with E-state index in [0.717, 1.165) is 21.2 Å². The fourth-order valence-corrected chi connectivity index (χ4v) is 4.45. The summed E-state index contributed by atoms with van der Waals surface area (Å²) in [6.45, 7) is 7.75. The quantitative estimate of drug-likeness (QED) is 0.758. The van der Waals surface area contributed by atoms with Crippen LogP contribution < -0.4 is 0 Å². The molecule has 0 radical (unpaired) electrons. The molecule has 1 fully saturated rings. The van der Waals surface area contributed by atoms with Crippen molar-refractivity contribution < 1.29 is 9.59 Å². The van der Waals surface area contributed by atoms with E-state index in [9.17, 15) is 9.59 Å². The normalized spacial score (nSPS) is 27.1. The molecule has 2 nitrogen and oxygen atoms in total. The second kappa shape index (κ2) is 5.06. The summed E-state index contributed by atoms with van der Waals surface area (Å²) in [5, 5.41) is -0.0112. The Morgan fingerprint density at radius 3 is 2.21 bits per heavy atom. The Morgan fingerprint density at radius 1 is 1.26 bits per heavy atom. The molecule has 0 N–H and O–H groups in total. The highest BCUT2D eigenvalue weighted by Gasteiger charge is 2.50. The topological polar surface area (TPSA) is 34.1 Å². The van der Waals surface area contributed by atoms with Gasteiger partial charge in [0.2, 0.25) is 5.12 Å². The lowest BCUT2D eigenvalue weighted by atomic mass is 9.84. The van der Waals surface area contributed by atoms with E-state index in [1.165, 1.54) is 11.8 Å². The van der Waals surface area contributed by atoms with E-state index in [1.54, 1.807) is 0 Å². The first-order valence-corrected chi connectivity index (χ1v) is 7.95. The van der Waals surface area contributed by atoms with Crippen LogP contribution in [0.2, 0.25) is 0 Å². The molecule has 19 heavy (non-hydrogen) atoms. The molecular weight excluding hydrogens is 324 g/mol. The molecule has 1 saturated heterocycles. The lowest BCUT2D eigenvalue weighted by molar-refractivity contribution is -0.125. The summed E-state index contributed by atoms with van der Waals surface area (Å²) in [6.07, 6.45) is 0.688. The maximum atomic E-state index is 12.6. The minimum Gasteiger partial charge on any atom is -0.297 e. The van der Waals surface area contributed by atoms with E-state index in [4.69, 9.17) is 0 Å². The van der Waals surface area contributed by atoms with Crippen molar-refractivity contribution in [3.05, 3.63) is 33.3 Å². The summed E-state index contributed by atoms with van der Waals surface area (Å²) >= 11 is 4.65. The molecule has 0 saturated carbocycles. The first kappa shape index (κ1) is 14.8. The van der Waals surface area contributed by atoms with Crippen molar-refractivity contribution in [3.8, 4) is 0 Å². The van der Waals surface area contributed by atoms with Gasteiger partial charge in [-0.1, -0.05) is 34.6 Å². The first-order chi connectivity index (χ1) is 8.80. The lowest BCUT2D eigenvalue weighted by Gasteiger charge is -2.19. The monoisotopic (exact) mass is 340 g/mol. The minimum atomic E-state index is -0.594. The second-order valence-electron chi connectivity index (χ2n) is 5.26. The number of carbonyl (C=O) groups excluding carboxylic acids is 2. The van der Waals surface area contributed by atoms with Crippen LogP contribution in [-0.2, 0) is 9.59 Å². The second-order valence-corrected chi connectivity index (χ2v) is 7.68. The van der Waals surface area contributed by atoms with Crippen molar-refractivity contribution in [2.24, 2.45) is 0 Å². The van der Waals surface area contributed by atoms with Gasteiger partial charge in [0, 0.05) is 4.47 Å². The third kappa shape index (κ3) is 2.40. The number of Topliss-reactive ketones (excluding diaryl/α,β-unsaturated/α-hetero) is 1. The van der Waals surface area contributed by atoms with Crippen LogP contribution in [0.4, 0.5) is 0 Å². The molecule has 0 aromatic heterocycles. The van der Waals surface area contributed by atoms with Gasteiger partial charge in [-0.15, -0.1) is 0 Å². The molecule has 4 heteroatoms. The number of hydrogen-bond acceptors (Lipinski definition) is 3. The number of halogens is 1. The van der Waals surface area contributed by atoms with Crippen molar-refractivity contribution in [2.45, 2.75) is 44.8 Å². The fraction of sp³-hybridized carbons (Fsp3) is 0.467. The van der Waals surface area contributed by atoms with Crippen LogP contribution in [0.5, 0.6) is 0 Å². The summed E-state index contributed by atoms with van der Waals surface area (Å²) in [4.78, 5) is 24.9. The SMILES string of the molecule is CCC1(C)SC(=O)C(c2c(C)cc(Br)cc2C)C1=O. The Morgan fingerprint density at radius 2 is 1.79 bits per heavy atom. The minimum absolute atomic E-state index is 0.0112. The summed E-state index contributed by atoms with van der Waals surface area (Å²) in [7, 11) is 0. The lowest BCUT2D eigenvalue weighted by Crippen LogP contribution is -2.29. The molecule has 1 aromatic rings. The largest absolute Gasteiger partial charge is 0.297 e. The number of benzene rings is 1. The summed E-state index contributed by atoms with van der Waals surface area (Å²) in [6, 6.07) is 3.93. The van der Waals surface area contributed by atoms with Gasteiger partial charge < -0.3 is 0 Å². The summed E-state index contributed by atoms with van der Waals surface area (Å²) in [5.74, 6) is -0.540. The van der Waals surface area contributed by atoms with E-state index < -0.39 is 10.7 Å². The van der Waals surface area contributed by atoms with Gasteiger partial charge in [-0.05, 0) is 56.0 Å². The average molecular weight is 341 g/mol. The van der Waals surface area contributed by atoms with E-state index >= 15 is 0 Å². The zero-order valence-electron chi connectivity index (χ0n) is 11.5. The first-order valence-electron chi connectivity index (χ1n) is 6.34. The smallest absolute Gasteiger partial charge is 0.204 e. The third-order valence-corrected chi connectivity index (χ3v) is 5.70. The van der Waals surface area contributed by atoms with Gasteiger partial charge in [-0.25, -0.2) is 0 Å². The molecule has 1 aliphatic heterocycles. The Balaban J connectivity index is 2.55. The van der Waals surface area contributed by atoms with Crippen LogP contribution in [0.1, 0.15) is 42.9 Å². The summed E-state index contributed by atoms with van der Waals surface area (Å²) in [5.41, 5.74) is 2.89. The molecule has 1 heterocycles. The highest BCUT2D eigenvalue weighted by molar-refractivity contribution is 9.10. The third-order valence-electron chi connectivity index (χ3n) is 3.87. The van der Waals surface area contributed by atoms with E-state index in [1.807, 2.05) is 39.8 Å². The van der Waals surface area contributed by atoms with Crippen LogP contribution in [0.3, 0.4) is 0 Å². The van der Waals surface area contributed by atoms with Crippen LogP contribution in [0.25, 0.3) is 0 Å². The molecule has 0 amide bonds. The highest BCUT2D eigenvalue weighted by atomic mass is 79.9. The Hall–Kier alpha value is -0.610. The van der Waals surface area contributed by atoms with Gasteiger partial charge in [-0.3, -0.25) is 9.59 Å². The van der Waals surface area contributed by atoms with Gasteiger partial charge >= 0.3 is 0 Å². The molecule has 0 bridgehead atoms. The Kier molecular flexibility index (Phi) is 3.94. The molecule has 1 aliphatic rings. The van der Waals surface area contributed by atoms with Crippen molar-refractivity contribution in [2.75, 3.05) is 0 Å². The number of carbonyl (C=O) groups is 2. The highest BCUT2D eigenvalue weighted by Crippen LogP contribution is 2.47. The zero-order chi connectivity index (χ0) is 14.4. The molecule has 2 unspecified atom stereocenters. The number of hydrogen-bond donors (Lipinski definition) is 0. The average Bonchev–Trinajstić information content (AvgIpc) is 2.52. The van der Waals surface area contributed by atoms with Crippen LogP contribution in [-0.4, -0.2) is 15.6 Å². The van der Waals surface area contributed by atoms with Crippen molar-refractivity contribution in [3.63, 3.8) is 0 Å². The van der Waals surface area contributed by atoms with Crippen LogP contribution >= 0.6 is 27.7 Å². The van der Waals surface area contributed by atoms with Crippen LogP contribution in [0, 0.1) is 13.8 Å². The van der Waals surface area contributed by atoms with E-state index in [0.29, 0.717) is 6.42 Å².